The van der Waals surface area contributed by atoms with Gasteiger partial charge in [-0.3, -0.25) is 0 Å². The SMILES string of the molecule is c1ccc(-n2c3ccccc3c3c4ccc5c(c6ccccc6n5-c5ccc6ccccc6c5)c4sc32)cc1. The summed E-state index contributed by atoms with van der Waals surface area (Å²) < 4.78 is 6.22. The Bertz CT molecular complexity index is 2390. The Balaban J connectivity index is 1.44. The maximum absolute atomic E-state index is 2.43. The highest BCUT2D eigenvalue weighted by Gasteiger charge is 2.21. The van der Waals surface area contributed by atoms with Crippen LogP contribution in [-0.2, 0) is 0 Å². The Morgan fingerprint density at radius 2 is 1.08 bits per heavy atom. The van der Waals surface area contributed by atoms with E-state index in [9.17, 15) is 0 Å². The van der Waals surface area contributed by atoms with Crippen LogP contribution in [0.5, 0.6) is 0 Å². The number of rotatable bonds is 2. The van der Waals surface area contributed by atoms with Crippen molar-refractivity contribution in [3.63, 3.8) is 0 Å². The second-order valence-corrected chi connectivity index (χ2v) is 11.2. The molecule has 0 saturated heterocycles. The fourth-order valence-corrected chi connectivity index (χ4v) is 7.84. The number of aromatic nitrogens is 2. The third-order valence-corrected chi connectivity index (χ3v) is 9.30. The van der Waals surface area contributed by atoms with Gasteiger partial charge < -0.3 is 9.13 Å². The van der Waals surface area contributed by atoms with Gasteiger partial charge in [-0.25, -0.2) is 0 Å². The van der Waals surface area contributed by atoms with Crippen molar-refractivity contribution < 1.29 is 0 Å². The molecule has 0 aliphatic rings. The van der Waals surface area contributed by atoms with Crippen molar-refractivity contribution in [3.8, 4) is 11.4 Å². The molecule has 0 amide bonds. The zero-order valence-corrected chi connectivity index (χ0v) is 21.8. The molecule has 9 aromatic rings. The Labute approximate surface area is 228 Å². The van der Waals surface area contributed by atoms with Crippen LogP contribution in [0.15, 0.2) is 133 Å². The Morgan fingerprint density at radius 1 is 0.410 bits per heavy atom. The molecule has 0 spiro atoms. The molecule has 0 saturated carbocycles. The van der Waals surface area contributed by atoms with E-state index in [2.05, 4.69) is 143 Å². The standard InChI is InChI=1S/C36H22N2S/c1-2-12-25(13-3-1)38-31-17-9-6-14-27(31)33-29-20-21-32-34(35(29)39-36(33)38)28-15-7-8-16-30(28)37(32)26-19-18-23-10-4-5-11-24(23)22-26/h1-22H. The van der Waals surface area contributed by atoms with Gasteiger partial charge in [-0.1, -0.05) is 91.0 Å². The zero-order valence-electron chi connectivity index (χ0n) is 21.0. The molecule has 9 rings (SSSR count). The molecule has 2 nitrogen and oxygen atoms in total. The topological polar surface area (TPSA) is 9.86 Å². The number of thiophene rings is 1. The predicted octanol–water partition coefficient (Wildman–Crippen LogP) is 10.2. The molecule has 0 fully saturated rings. The van der Waals surface area contributed by atoms with Crippen LogP contribution in [0.4, 0.5) is 0 Å². The van der Waals surface area contributed by atoms with Crippen LogP contribution in [0.25, 0.3) is 75.2 Å². The van der Waals surface area contributed by atoms with Crippen LogP contribution in [0.3, 0.4) is 0 Å². The molecule has 0 unspecified atom stereocenters. The Kier molecular flexibility index (Phi) is 4.24. The van der Waals surface area contributed by atoms with E-state index < -0.39 is 0 Å². The molecular formula is C36H22N2S. The highest BCUT2D eigenvalue weighted by Crippen LogP contribution is 2.47. The van der Waals surface area contributed by atoms with E-state index in [1.807, 2.05) is 11.3 Å². The number of hydrogen-bond acceptors (Lipinski definition) is 1. The molecule has 0 aliphatic carbocycles. The molecule has 0 atom stereocenters. The first-order chi connectivity index (χ1) is 19.4. The molecule has 0 radical (unpaired) electrons. The minimum atomic E-state index is 1.19. The summed E-state index contributed by atoms with van der Waals surface area (Å²) in [5.41, 5.74) is 6.14. The predicted molar refractivity (Wildman–Crippen MR) is 168 cm³/mol. The molecule has 3 heterocycles. The number of nitrogens with zero attached hydrogens (tertiary/aromatic N) is 2. The van der Waals surface area contributed by atoms with Crippen LogP contribution in [-0.4, -0.2) is 9.13 Å². The molecule has 0 aliphatic heterocycles. The van der Waals surface area contributed by atoms with Gasteiger partial charge in [0.15, 0.2) is 0 Å². The summed E-state index contributed by atoms with van der Waals surface area (Å²) in [5, 5.41) is 9.13. The van der Waals surface area contributed by atoms with Crippen LogP contribution < -0.4 is 0 Å². The van der Waals surface area contributed by atoms with E-state index in [0.717, 1.165) is 0 Å². The van der Waals surface area contributed by atoms with Gasteiger partial charge in [0.1, 0.15) is 4.83 Å². The maximum atomic E-state index is 2.43. The molecule has 182 valence electrons. The van der Waals surface area contributed by atoms with Gasteiger partial charge in [0.25, 0.3) is 0 Å². The van der Waals surface area contributed by atoms with Crippen molar-refractivity contribution >= 4 is 75.1 Å². The average Bonchev–Trinajstić information content (AvgIpc) is 3.64. The summed E-state index contributed by atoms with van der Waals surface area (Å²) in [6.07, 6.45) is 0. The van der Waals surface area contributed by atoms with Crippen molar-refractivity contribution in [2.45, 2.75) is 0 Å². The van der Waals surface area contributed by atoms with Gasteiger partial charge in [0.2, 0.25) is 0 Å². The molecule has 3 aromatic heterocycles. The normalized spacial score (nSPS) is 12.1. The lowest BCUT2D eigenvalue weighted by Gasteiger charge is -2.09. The lowest BCUT2D eigenvalue weighted by molar-refractivity contribution is 1.19. The second-order valence-electron chi connectivity index (χ2n) is 10.2. The smallest absolute Gasteiger partial charge is 0.109 e. The van der Waals surface area contributed by atoms with Gasteiger partial charge in [-0.15, -0.1) is 11.3 Å². The van der Waals surface area contributed by atoms with Gasteiger partial charge >= 0.3 is 0 Å². The van der Waals surface area contributed by atoms with Gasteiger partial charge in [0.05, 0.1) is 16.6 Å². The van der Waals surface area contributed by atoms with Crippen molar-refractivity contribution in [3.05, 3.63) is 133 Å². The zero-order chi connectivity index (χ0) is 25.5. The lowest BCUT2D eigenvalue weighted by atomic mass is 10.1. The summed E-state index contributed by atoms with van der Waals surface area (Å²) in [7, 11) is 0. The summed E-state index contributed by atoms with van der Waals surface area (Å²) in [4.78, 5) is 1.30. The second kappa shape index (κ2) is 7.83. The molecule has 39 heavy (non-hydrogen) atoms. The first-order valence-corrected chi connectivity index (χ1v) is 14.1. The summed E-state index contributed by atoms with van der Waals surface area (Å²) in [6.45, 7) is 0. The first kappa shape index (κ1) is 21.1. The fourth-order valence-electron chi connectivity index (χ4n) is 6.43. The van der Waals surface area contributed by atoms with E-state index in [0.29, 0.717) is 0 Å². The van der Waals surface area contributed by atoms with Crippen molar-refractivity contribution in [1.29, 1.82) is 0 Å². The minimum absolute atomic E-state index is 1.19. The third kappa shape index (κ3) is 2.85. The number of hydrogen-bond donors (Lipinski definition) is 0. The average molecular weight is 515 g/mol. The van der Waals surface area contributed by atoms with E-state index in [-0.39, 0.29) is 0 Å². The third-order valence-electron chi connectivity index (χ3n) is 8.10. The van der Waals surface area contributed by atoms with Crippen LogP contribution in [0, 0.1) is 0 Å². The number of benzene rings is 6. The summed E-state index contributed by atoms with van der Waals surface area (Å²) in [6, 6.07) is 48.5. The number of para-hydroxylation sites is 3. The van der Waals surface area contributed by atoms with Crippen molar-refractivity contribution in [1.82, 2.24) is 9.13 Å². The van der Waals surface area contributed by atoms with Gasteiger partial charge in [-0.05, 0) is 53.2 Å². The summed E-state index contributed by atoms with van der Waals surface area (Å²) in [5.74, 6) is 0. The molecule has 6 aromatic carbocycles. The van der Waals surface area contributed by atoms with Crippen molar-refractivity contribution in [2.75, 3.05) is 0 Å². The van der Waals surface area contributed by atoms with E-state index in [1.54, 1.807) is 0 Å². The highest BCUT2D eigenvalue weighted by atomic mass is 32.1. The highest BCUT2D eigenvalue weighted by molar-refractivity contribution is 7.26. The van der Waals surface area contributed by atoms with Gasteiger partial charge in [-0.2, -0.15) is 0 Å². The van der Waals surface area contributed by atoms with E-state index >= 15 is 0 Å². The monoisotopic (exact) mass is 514 g/mol. The lowest BCUT2D eigenvalue weighted by Crippen LogP contribution is -1.93. The Hall–Kier alpha value is -4.86. The molecule has 3 heteroatoms. The van der Waals surface area contributed by atoms with Crippen LogP contribution in [0.1, 0.15) is 0 Å². The van der Waals surface area contributed by atoms with E-state index in [4.69, 9.17) is 0 Å². The molecule has 0 bridgehead atoms. The van der Waals surface area contributed by atoms with E-state index in [1.165, 1.54) is 75.2 Å². The molecular weight excluding hydrogens is 492 g/mol. The quantitative estimate of drug-likeness (QED) is 0.217. The summed E-state index contributed by atoms with van der Waals surface area (Å²) >= 11 is 1.91. The molecule has 0 N–H and O–H groups in total. The van der Waals surface area contributed by atoms with Crippen LogP contribution >= 0.6 is 11.3 Å². The maximum Gasteiger partial charge on any atom is 0.109 e. The minimum Gasteiger partial charge on any atom is -0.309 e. The number of fused-ring (bicyclic) bond motifs is 10. The van der Waals surface area contributed by atoms with Crippen LogP contribution in [0.2, 0.25) is 0 Å². The fraction of sp³-hybridized carbons (Fsp3) is 0. The first-order valence-electron chi connectivity index (χ1n) is 13.3. The Morgan fingerprint density at radius 3 is 1.90 bits per heavy atom. The largest absolute Gasteiger partial charge is 0.309 e. The van der Waals surface area contributed by atoms with Crippen molar-refractivity contribution in [2.24, 2.45) is 0 Å². The van der Waals surface area contributed by atoms with Gasteiger partial charge in [0, 0.05) is 43.0 Å².